The summed E-state index contributed by atoms with van der Waals surface area (Å²) in [7, 11) is 0. The number of morpholine rings is 1. The highest BCUT2D eigenvalue weighted by atomic mass is 16.5. The van der Waals surface area contributed by atoms with Crippen LogP contribution in [0.4, 0.5) is 0 Å². The Hall–Kier alpha value is -0.610. The molecule has 0 aromatic heterocycles. The number of nitrogens with zero attached hydrogens (tertiary/aromatic N) is 1. The third kappa shape index (κ3) is 4.94. The predicted octanol–water partition coefficient (Wildman–Crippen LogP) is 0.999. The minimum absolute atomic E-state index is 0.188. The molecule has 0 saturated carbocycles. The van der Waals surface area contributed by atoms with Crippen LogP contribution < -0.4 is 5.73 Å². The SMILES string of the molecule is C[C@@H](CCC(N)=O)CCN1CCOC[C@H]1C. The molecule has 1 saturated heterocycles. The van der Waals surface area contributed by atoms with Crippen LogP contribution in [-0.2, 0) is 9.53 Å². The molecule has 0 radical (unpaired) electrons. The first kappa shape index (κ1) is 13.5. The number of nitrogens with two attached hydrogens (primary N) is 1. The van der Waals surface area contributed by atoms with Crippen LogP contribution in [0.5, 0.6) is 0 Å². The van der Waals surface area contributed by atoms with Gasteiger partial charge in [0.05, 0.1) is 13.2 Å². The molecular weight excluding hydrogens is 204 g/mol. The molecule has 1 heterocycles. The van der Waals surface area contributed by atoms with E-state index in [1.807, 2.05) is 0 Å². The molecule has 0 aromatic carbocycles. The van der Waals surface area contributed by atoms with Gasteiger partial charge in [-0.2, -0.15) is 0 Å². The highest BCUT2D eigenvalue weighted by molar-refractivity contribution is 5.73. The molecule has 16 heavy (non-hydrogen) atoms. The molecule has 4 heteroatoms. The van der Waals surface area contributed by atoms with Crippen LogP contribution in [-0.4, -0.2) is 43.2 Å². The molecule has 4 nitrogen and oxygen atoms in total. The largest absolute Gasteiger partial charge is 0.379 e. The summed E-state index contributed by atoms with van der Waals surface area (Å²) in [6.07, 6.45) is 2.56. The van der Waals surface area contributed by atoms with Crippen LogP contribution >= 0.6 is 0 Å². The van der Waals surface area contributed by atoms with Gasteiger partial charge in [-0.1, -0.05) is 6.92 Å². The van der Waals surface area contributed by atoms with Gasteiger partial charge in [-0.25, -0.2) is 0 Å². The van der Waals surface area contributed by atoms with Gasteiger partial charge >= 0.3 is 0 Å². The van der Waals surface area contributed by atoms with Crippen LogP contribution in [0.15, 0.2) is 0 Å². The lowest BCUT2D eigenvalue weighted by Gasteiger charge is -2.33. The number of primary amides is 1. The fourth-order valence-corrected chi connectivity index (χ4v) is 2.01. The van der Waals surface area contributed by atoms with E-state index in [1.165, 1.54) is 0 Å². The number of ether oxygens (including phenoxy) is 1. The molecule has 2 atom stereocenters. The normalized spacial score (nSPS) is 24.2. The zero-order valence-corrected chi connectivity index (χ0v) is 10.4. The van der Waals surface area contributed by atoms with Crippen LogP contribution in [0, 0.1) is 5.92 Å². The van der Waals surface area contributed by atoms with Crippen molar-refractivity contribution in [3.63, 3.8) is 0 Å². The Balaban J connectivity index is 2.14. The fraction of sp³-hybridized carbons (Fsp3) is 0.917. The van der Waals surface area contributed by atoms with Gasteiger partial charge in [0.25, 0.3) is 0 Å². The van der Waals surface area contributed by atoms with Crippen LogP contribution in [0.25, 0.3) is 0 Å². The Bertz CT molecular complexity index is 221. The lowest BCUT2D eigenvalue weighted by atomic mass is 10.0. The minimum atomic E-state index is -0.188. The standard InChI is InChI=1S/C12H24N2O2/c1-10(3-4-12(13)15)5-6-14-7-8-16-9-11(14)2/h10-11H,3-9H2,1-2H3,(H2,13,15)/t10-,11+/m0/s1. The zero-order chi connectivity index (χ0) is 12.0. The second kappa shape index (κ2) is 6.86. The van der Waals surface area contributed by atoms with Gasteiger partial charge < -0.3 is 10.5 Å². The van der Waals surface area contributed by atoms with Crippen molar-refractivity contribution in [3.05, 3.63) is 0 Å². The average Bonchev–Trinajstić information content (AvgIpc) is 2.25. The molecule has 94 valence electrons. The van der Waals surface area contributed by atoms with Crippen molar-refractivity contribution in [1.29, 1.82) is 0 Å². The Labute approximate surface area is 98.1 Å². The van der Waals surface area contributed by atoms with E-state index < -0.39 is 0 Å². The molecular formula is C12H24N2O2. The summed E-state index contributed by atoms with van der Waals surface area (Å²) in [5.74, 6) is 0.383. The van der Waals surface area contributed by atoms with Gasteiger partial charge in [0.1, 0.15) is 0 Å². The predicted molar refractivity (Wildman–Crippen MR) is 64.1 cm³/mol. The zero-order valence-electron chi connectivity index (χ0n) is 10.4. The monoisotopic (exact) mass is 228 g/mol. The number of rotatable bonds is 6. The van der Waals surface area contributed by atoms with Crippen molar-refractivity contribution in [2.75, 3.05) is 26.3 Å². The second-order valence-electron chi connectivity index (χ2n) is 4.86. The van der Waals surface area contributed by atoms with Crippen LogP contribution in [0.3, 0.4) is 0 Å². The van der Waals surface area contributed by atoms with Crippen molar-refractivity contribution >= 4 is 5.91 Å². The molecule has 1 fully saturated rings. The summed E-state index contributed by atoms with van der Waals surface area (Å²) in [5, 5.41) is 0. The molecule has 0 aromatic rings. The average molecular weight is 228 g/mol. The lowest BCUT2D eigenvalue weighted by molar-refractivity contribution is -0.118. The van der Waals surface area contributed by atoms with Gasteiger partial charge in [0.2, 0.25) is 5.91 Å². The van der Waals surface area contributed by atoms with Crippen molar-refractivity contribution < 1.29 is 9.53 Å². The lowest BCUT2D eigenvalue weighted by Crippen LogP contribution is -2.44. The second-order valence-corrected chi connectivity index (χ2v) is 4.86. The van der Waals surface area contributed by atoms with Gasteiger partial charge in [0.15, 0.2) is 0 Å². The summed E-state index contributed by atoms with van der Waals surface area (Å²) in [6, 6.07) is 0.525. The Morgan fingerprint density at radius 2 is 2.31 bits per heavy atom. The number of hydrogen-bond donors (Lipinski definition) is 1. The number of carbonyl (C=O) groups excluding carboxylic acids is 1. The van der Waals surface area contributed by atoms with E-state index in [0.717, 1.165) is 39.1 Å². The smallest absolute Gasteiger partial charge is 0.217 e. The number of carbonyl (C=O) groups is 1. The summed E-state index contributed by atoms with van der Waals surface area (Å²) in [6.45, 7) is 8.21. The van der Waals surface area contributed by atoms with Gasteiger partial charge in [0, 0.05) is 19.0 Å². The van der Waals surface area contributed by atoms with Crippen molar-refractivity contribution in [3.8, 4) is 0 Å². The van der Waals surface area contributed by atoms with E-state index in [9.17, 15) is 4.79 Å². The first-order valence-electron chi connectivity index (χ1n) is 6.19. The van der Waals surface area contributed by atoms with Crippen LogP contribution in [0.2, 0.25) is 0 Å². The number of amides is 1. The summed E-state index contributed by atoms with van der Waals surface area (Å²) < 4.78 is 5.39. The van der Waals surface area contributed by atoms with Crippen molar-refractivity contribution in [1.82, 2.24) is 4.90 Å². The highest BCUT2D eigenvalue weighted by Crippen LogP contribution is 2.13. The first-order valence-corrected chi connectivity index (χ1v) is 6.19. The molecule has 2 N–H and O–H groups in total. The van der Waals surface area contributed by atoms with Crippen LogP contribution in [0.1, 0.15) is 33.1 Å². The Morgan fingerprint density at radius 1 is 1.56 bits per heavy atom. The molecule has 0 unspecified atom stereocenters. The summed E-state index contributed by atoms with van der Waals surface area (Å²) in [5.41, 5.74) is 5.14. The van der Waals surface area contributed by atoms with E-state index in [2.05, 4.69) is 18.7 Å². The maximum absolute atomic E-state index is 10.7. The third-order valence-corrected chi connectivity index (χ3v) is 3.30. The highest BCUT2D eigenvalue weighted by Gasteiger charge is 2.18. The molecule has 0 spiro atoms. The molecule has 1 rings (SSSR count). The summed E-state index contributed by atoms with van der Waals surface area (Å²) >= 11 is 0. The Kier molecular flexibility index (Phi) is 5.77. The molecule has 1 aliphatic rings. The van der Waals surface area contributed by atoms with E-state index >= 15 is 0 Å². The fourth-order valence-electron chi connectivity index (χ4n) is 2.01. The van der Waals surface area contributed by atoms with Crippen molar-refractivity contribution in [2.45, 2.75) is 39.2 Å². The molecule has 0 bridgehead atoms. The quantitative estimate of drug-likeness (QED) is 0.738. The van der Waals surface area contributed by atoms with E-state index in [4.69, 9.17) is 10.5 Å². The number of hydrogen-bond acceptors (Lipinski definition) is 3. The minimum Gasteiger partial charge on any atom is -0.379 e. The molecule has 1 amide bonds. The maximum Gasteiger partial charge on any atom is 0.217 e. The Morgan fingerprint density at radius 3 is 2.94 bits per heavy atom. The van der Waals surface area contributed by atoms with Gasteiger partial charge in [-0.3, -0.25) is 9.69 Å². The third-order valence-electron chi connectivity index (χ3n) is 3.30. The first-order chi connectivity index (χ1) is 7.59. The molecule has 0 aliphatic carbocycles. The van der Waals surface area contributed by atoms with Gasteiger partial charge in [-0.05, 0) is 32.2 Å². The topological polar surface area (TPSA) is 55.6 Å². The van der Waals surface area contributed by atoms with Crippen molar-refractivity contribution in [2.24, 2.45) is 11.7 Å². The molecule has 1 aliphatic heterocycles. The van der Waals surface area contributed by atoms with E-state index in [-0.39, 0.29) is 5.91 Å². The maximum atomic E-state index is 10.7. The van der Waals surface area contributed by atoms with E-state index in [0.29, 0.717) is 18.4 Å². The van der Waals surface area contributed by atoms with Gasteiger partial charge in [-0.15, -0.1) is 0 Å². The summed E-state index contributed by atoms with van der Waals surface area (Å²) in [4.78, 5) is 13.1. The van der Waals surface area contributed by atoms with E-state index in [1.54, 1.807) is 0 Å².